The summed E-state index contributed by atoms with van der Waals surface area (Å²) in [7, 11) is 0.432. The fraction of sp³-hybridized carbons (Fsp3) is 0.484. The molecule has 2 aromatic carbocycles. The van der Waals surface area contributed by atoms with Crippen molar-refractivity contribution in [3.8, 4) is 17.0 Å². The van der Waals surface area contributed by atoms with Crippen molar-refractivity contribution >= 4 is 33.0 Å². The number of methoxy groups -OCH3 is 1. The Balaban J connectivity index is 1.47. The molecule has 3 fully saturated rings. The highest BCUT2D eigenvalue weighted by Gasteiger charge is 2.80. The third-order valence-electron chi connectivity index (χ3n) is 10.3. The first-order chi connectivity index (χ1) is 19.6. The van der Waals surface area contributed by atoms with Crippen LogP contribution in [0.15, 0.2) is 36.4 Å². The molecule has 4 unspecified atom stereocenters. The number of rotatable bonds is 6. The molecule has 4 aliphatic rings. The fourth-order valence-corrected chi connectivity index (χ4v) is 8.77. The van der Waals surface area contributed by atoms with E-state index >= 15 is 0 Å². The van der Waals surface area contributed by atoms with E-state index < -0.39 is 27.5 Å². The van der Waals surface area contributed by atoms with Gasteiger partial charge < -0.3 is 14.4 Å². The number of nitrogens with one attached hydrogen (secondary N) is 1. The summed E-state index contributed by atoms with van der Waals surface area (Å²) in [6, 6.07) is 11.6. The second-order valence-electron chi connectivity index (χ2n) is 12.4. The van der Waals surface area contributed by atoms with Crippen molar-refractivity contribution in [1.29, 1.82) is 0 Å². The first kappa shape index (κ1) is 26.5. The Morgan fingerprint density at radius 2 is 1.85 bits per heavy atom. The summed E-state index contributed by atoms with van der Waals surface area (Å²) < 4.78 is 35.8. The SMILES string of the molecule is COc1ccc2c(c1)C1CC3(C(=O)O)C(Cn4c-2c(C2CCCCC2)c2ccc(C(=O)NS(=O)(=O)N(C)C)cc24)C13. The number of ether oxygens (including phenoxy) is 1. The van der Waals surface area contributed by atoms with Crippen LogP contribution >= 0.6 is 0 Å². The zero-order valence-corrected chi connectivity index (χ0v) is 24.3. The Labute approximate surface area is 239 Å². The van der Waals surface area contributed by atoms with E-state index in [1.807, 2.05) is 12.1 Å². The summed E-state index contributed by atoms with van der Waals surface area (Å²) in [5, 5.41) is 11.4. The monoisotopic (exact) mass is 577 g/mol. The van der Waals surface area contributed by atoms with Crippen LogP contribution in [0.3, 0.4) is 0 Å². The first-order valence-corrected chi connectivity index (χ1v) is 15.8. The molecular weight excluding hydrogens is 542 g/mol. The third kappa shape index (κ3) is 3.72. The Morgan fingerprint density at radius 3 is 2.54 bits per heavy atom. The van der Waals surface area contributed by atoms with Crippen LogP contribution < -0.4 is 9.46 Å². The lowest BCUT2D eigenvalue weighted by Crippen LogP contribution is -2.39. The molecule has 1 aliphatic heterocycles. The number of carbonyl (C=O) groups excluding carboxylic acids is 1. The Hall–Kier alpha value is -3.37. The molecule has 0 saturated heterocycles. The minimum Gasteiger partial charge on any atom is -0.497 e. The molecule has 2 heterocycles. The van der Waals surface area contributed by atoms with Gasteiger partial charge in [0.25, 0.3) is 5.91 Å². The van der Waals surface area contributed by atoms with Gasteiger partial charge in [-0.2, -0.15) is 12.7 Å². The van der Waals surface area contributed by atoms with Crippen molar-refractivity contribution in [2.45, 2.75) is 56.9 Å². The normalized spacial score (nSPS) is 26.7. The maximum Gasteiger partial charge on any atom is 0.310 e. The molecule has 10 heteroatoms. The van der Waals surface area contributed by atoms with E-state index in [9.17, 15) is 23.1 Å². The van der Waals surface area contributed by atoms with Crippen LogP contribution in [0.25, 0.3) is 22.2 Å². The second-order valence-corrected chi connectivity index (χ2v) is 14.3. The summed E-state index contributed by atoms with van der Waals surface area (Å²) in [5.41, 5.74) is 5.01. The predicted octanol–water partition coefficient (Wildman–Crippen LogP) is 4.72. The highest BCUT2D eigenvalue weighted by molar-refractivity contribution is 7.87. The molecule has 0 radical (unpaired) electrons. The average Bonchev–Trinajstić information content (AvgIpc) is 3.26. The number of carboxylic acid groups (broad SMARTS) is 1. The van der Waals surface area contributed by atoms with Crippen LogP contribution in [0.4, 0.5) is 0 Å². The van der Waals surface area contributed by atoms with Gasteiger partial charge in [-0.15, -0.1) is 0 Å². The second kappa shape index (κ2) is 9.06. The number of carbonyl (C=O) groups is 2. The van der Waals surface area contributed by atoms with Crippen molar-refractivity contribution in [3.05, 3.63) is 53.1 Å². The van der Waals surface area contributed by atoms with Crippen molar-refractivity contribution < 1.29 is 27.9 Å². The third-order valence-corrected chi connectivity index (χ3v) is 11.7. The molecular formula is C31H35N3O6S. The van der Waals surface area contributed by atoms with E-state index in [-0.39, 0.29) is 23.3 Å². The molecule has 4 atom stereocenters. The quantitative estimate of drug-likeness (QED) is 0.438. The maximum atomic E-state index is 13.1. The minimum absolute atomic E-state index is 0.00971. The smallest absolute Gasteiger partial charge is 0.310 e. The number of benzene rings is 2. The number of aromatic nitrogens is 1. The number of fused-ring (bicyclic) bond motifs is 7. The first-order valence-electron chi connectivity index (χ1n) is 14.4. The maximum absolute atomic E-state index is 13.1. The van der Waals surface area contributed by atoms with Crippen LogP contribution in [0.1, 0.15) is 71.8 Å². The molecule has 3 aliphatic carbocycles. The van der Waals surface area contributed by atoms with E-state index in [1.165, 1.54) is 26.1 Å². The number of hydrogen-bond donors (Lipinski definition) is 2. The predicted molar refractivity (Wildman–Crippen MR) is 154 cm³/mol. The summed E-state index contributed by atoms with van der Waals surface area (Å²) >= 11 is 0. The molecule has 1 amide bonds. The van der Waals surface area contributed by atoms with Gasteiger partial charge in [-0.3, -0.25) is 9.59 Å². The summed E-state index contributed by atoms with van der Waals surface area (Å²) in [5.74, 6) is -0.0866. The van der Waals surface area contributed by atoms with Gasteiger partial charge in [-0.25, -0.2) is 4.72 Å². The molecule has 0 bridgehead atoms. The van der Waals surface area contributed by atoms with Gasteiger partial charge in [0, 0.05) is 42.7 Å². The molecule has 1 aromatic heterocycles. The zero-order chi connectivity index (χ0) is 28.8. The molecule has 2 N–H and O–H groups in total. The number of carboxylic acids is 1. The van der Waals surface area contributed by atoms with Crippen LogP contribution in [-0.2, 0) is 21.5 Å². The van der Waals surface area contributed by atoms with E-state index in [2.05, 4.69) is 21.4 Å². The van der Waals surface area contributed by atoms with Gasteiger partial charge in [0.15, 0.2) is 0 Å². The molecule has 9 nitrogen and oxygen atoms in total. The number of nitrogens with zero attached hydrogens (tertiary/aromatic N) is 2. The molecule has 41 heavy (non-hydrogen) atoms. The van der Waals surface area contributed by atoms with Crippen molar-refractivity contribution in [2.75, 3.05) is 21.2 Å². The Morgan fingerprint density at radius 1 is 1.10 bits per heavy atom. The van der Waals surface area contributed by atoms with Crippen molar-refractivity contribution in [3.63, 3.8) is 0 Å². The van der Waals surface area contributed by atoms with Crippen molar-refractivity contribution in [1.82, 2.24) is 13.6 Å². The van der Waals surface area contributed by atoms with Gasteiger partial charge in [-0.05, 0) is 84.4 Å². The average molecular weight is 578 g/mol. The standard InChI is InChI=1S/C31H35N3O6S/c1-33(2)41(38,39)32-29(35)18-9-11-21-25(13-18)34-16-24-27-23(15-31(24,27)30(36)37)22-14-19(40-3)10-12-20(22)28(34)26(21)17-7-5-4-6-8-17/h9-14,17,23-24,27H,4-8,15-16H2,1-3H3,(H,32,35)(H,36,37). The fourth-order valence-electron chi connectivity index (χ4n) is 8.23. The van der Waals surface area contributed by atoms with Crippen LogP contribution in [-0.4, -0.2) is 55.5 Å². The van der Waals surface area contributed by atoms with Crippen LogP contribution in [0, 0.1) is 17.3 Å². The van der Waals surface area contributed by atoms with E-state index in [0.717, 1.165) is 63.5 Å². The van der Waals surface area contributed by atoms with E-state index in [1.54, 1.807) is 19.2 Å². The zero-order valence-electron chi connectivity index (χ0n) is 23.5. The molecule has 0 spiro atoms. The lowest BCUT2D eigenvalue weighted by molar-refractivity contribution is -0.147. The van der Waals surface area contributed by atoms with Gasteiger partial charge in [0.1, 0.15) is 5.75 Å². The summed E-state index contributed by atoms with van der Waals surface area (Å²) in [6.45, 7) is 0.554. The van der Waals surface area contributed by atoms with Crippen LogP contribution in [0.5, 0.6) is 5.75 Å². The molecule has 3 saturated carbocycles. The molecule has 3 aromatic rings. The Kier molecular flexibility index (Phi) is 5.86. The topological polar surface area (TPSA) is 118 Å². The molecule has 7 rings (SSSR count). The number of amides is 1. The number of hydrogen-bond acceptors (Lipinski definition) is 5. The van der Waals surface area contributed by atoms with Crippen LogP contribution in [0.2, 0.25) is 0 Å². The Bertz CT molecular complexity index is 1720. The number of aliphatic carboxylic acids is 1. The largest absolute Gasteiger partial charge is 0.497 e. The highest BCUT2D eigenvalue weighted by atomic mass is 32.2. The van der Waals surface area contributed by atoms with Crippen molar-refractivity contribution in [2.24, 2.45) is 17.3 Å². The van der Waals surface area contributed by atoms with Gasteiger partial charge in [0.2, 0.25) is 0 Å². The van der Waals surface area contributed by atoms with Gasteiger partial charge in [-0.1, -0.05) is 25.3 Å². The van der Waals surface area contributed by atoms with Gasteiger partial charge in [0.05, 0.1) is 18.2 Å². The van der Waals surface area contributed by atoms with E-state index in [4.69, 9.17) is 4.74 Å². The summed E-state index contributed by atoms with van der Waals surface area (Å²) in [4.78, 5) is 25.7. The molecule has 216 valence electrons. The highest BCUT2D eigenvalue weighted by Crippen LogP contribution is 2.79. The summed E-state index contributed by atoms with van der Waals surface area (Å²) in [6.07, 6.45) is 6.31. The lowest BCUT2D eigenvalue weighted by atomic mass is 9.69. The van der Waals surface area contributed by atoms with E-state index in [0.29, 0.717) is 18.9 Å². The lowest BCUT2D eigenvalue weighted by Gasteiger charge is -2.34. The minimum atomic E-state index is -3.96. The van der Waals surface area contributed by atoms with Gasteiger partial charge >= 0.3 is 16.2 Å².